The van der Waals surface area contributed by atoms with Gasteiger partial charge in [-0.1, -0.05) is 18.6 Å². The number of amides is 1. The van der Waals surface area contributed by atoms with Gasteiger partial charge in [-0.3, -0.25) is 4.79 Å². The van der Waals surface area contributed by atoms with E-state index in [0.717, 1.165) is 44.5 Å². The molecule has 168 valence electrons. The molecule has 1 fully saturated rings. The summed E-state index contributed by atoms with van der Waals surface area (Å²) in [6.45, 7) is 2.64. The summed E-state index contributed by atoms with van der Waals surface area (Å²) in [5.41, 5.74) is 2.93. The van der Waals surface area contributed by atoms with Gasteiger partial charge in [0.1, 0.15) is 0 Å². The van der Waals surface area contributed by atoms with Crippen LogP contribution >= 0.6 is 11.3 Å². The standard InChI is InChI=1S/C23H25N3O4S2/c27-23(20-8-9-22(30-20)32(28,29)26-12-4-1-5-13-26)24-18-6-2-3-7-19(18)25-14-10-21-17(16-25)11-15-31-21/h2-3,6-9,11,15H,1,4-5,10,12-14,16H2,(H,24,27). The fraction of sp³-hybridized carbons (Fsp3) is 0.348. The number of benzene rings is 1. The molecule has 2 aromatic heterocycles. The lowest BCUT2D eigenvalue weighted by Crippen LogP contribution is -2.35. The Morgan fingerprint density at radius 3 is 2.66 bits per heavy atom. The van der Waals surface area contributed by atoms with Crippen LogP contribution in [0.4, 0.5) is 11.4 Å². The minimum absolute atomic E-state index is 0.0193. The van der Waals surface area contributed by atoms with E-state index in [-0.39, 0.29) is 10.9 Å². The van der Waals surface area contributed by atoms with E-state index in [1.807, 2.05) is 24.3 Å². The van der Waals surface area contributed by atoms with Crippen LogP contribution in [-0.4, -0.2) is 38.3 Å². The van der Waals surface area contributed by atoms with E-state index in [2.05, 4.69) is 21.7 Å². The second kappa shape index (κ2) is 8.73. The third-order valence-electron chi connectivity index (χ3n) is 6.01. The monoisotopic (exact) mass is 471 g/mol. The number of carbonyl (C=O) groups excluding carboxylic acids is 1. The Hall–Kier alpha value is -2.62. The number of rotatable bonds is 5. The molecule has 32 heavy (non-hydrogen) atoms. The summed E-state index contributed by atoms with van der Waals surface area (Å²) >= 11 is 1.79. The van der Waals surface area contributed by atoms with E-state index in [0.29, 0.717) is 18.8 Å². The molecule has 0 atom stereocenters. The van der Waals surface area contributed by atoms with Crippen molar-refractivity contribution in [3.8, 4) is 0 Å². The van der Waals surface area contributed by atoms with Crippen LogP contribution in [0.15, 0.2) is 57.4 Å². The van der Waals surface area contributed by atoms with Gasteiger partial charge in [0, 0.05) is 31.1 Å². The van der Waals surface area contributed by atoms with Crippen LogP contribution in [0.25, 0.3) is 0 Å². The van der Waals surface area contributed by atoms with Gasteiger partial charge < -0.3 is 14.6 Å². The first-order chi connectivity index (χ1) is 15.5. The molecule has 0 unspecified atom stereocenters. The highest BCUT2D eigenvalue weighted by Crippen LogP contribution is 2.32. The molecule has 1 N–H and O–H groups in total. The smallest absolute Gasteiger partial charge is 0.291 e. The Morgan fingerprint density at radius 1 is 1.00 bits per heavy atom. The van der Waals surface area contributed by atoms with Crippen molar-refractivity contribution in [2.24, 2.45) is 0 Å². The van der Waals surface area contributed by atoms with Gasteiger partial charge in [0.15, 0.2) is 5.76 Å². The summed E-state index contributed by atoms with van der Waals surface area (Å²) in [5.74, 6) is -0.486. The molecule has 1 amide bonds. The first-order valence-electron chi connectivity index (χ1n) is 10.8. The van der Waals surface area contributed by atoms with Gasteiger partial charge in [0.25, 0.3) is 15.9 Å². The first kappa shape index (κ1) is 21.2. The summed E-state index contributed by atoms with van der Waals surface area (Å²) in [7, 11) is -3.72. The van der Waals surface area contributed by atoms with Crippen molar-refractivity contribution < 1.29 is 17.6 Å². The molecule has 1 aromatic carbocycles. The molecule has 5 rings (SSSR count). The minimum atomic E-state index is -3.72. The maximum absolute atomic E-state index is 12.9. The van der Waals surface area contributed by atoms with Crippen LogP contribution in [0.3, 0.4) is 0 Å². The molecule has 4 heterocycles. The number of hydrogen-bond donors (Lipinski definition) is 1. The maximum Gasteiger partial charge on any atom is 0.291 e. The Balaban J connectivity index is 1.33. The normalized spacial score (nSPS) is 17.2. The number of thiophene rings is 1. The summed E-state index contributed by atoms with van der Waals surface area (Å²) in [6.07, 6.45) is 3.69. The topological polar surface area (TPSA) is 82.9 Å². The Labute approximate surface area is 191 Å². The van der Waals surface area contributed by atoms with Gasteiger partial charge in [-0.05, 0) is 60.5 Å². The molecule has 2 aliphatic heterocycles. The molecule has 9 heteroatoms. The third kappa shape index (κ3) is 4.07. The SMILES string of the molecule is O=C(Nc1ccccc1N1CCc2sccc2C1)c1ccc(S(=O)(=O)N2CCCCC2)o1. The molecule has 0 saturated carbocycles. The van der Waals surface area contributed by atoms with E-state index < -0.39 is 15.9 Å². The molecule has 0 spiro atoms. The lowest BCUT2D eigenvalue weighted by atomic mass is 10.1. The second-order valence-corrected chi connectivity index (χ2v) is 11.0. The Morgan fingerprint density at radius 2 is 1.81 bits per heavy atom. The van der Waals surface area contributed by atoms with Gasteiger partial charge in [0.2, 0.25) is 5.09 Å². The number of sulfonamides is 1. The average Bonchev–Trinajstić information content (AvgIpc) is 3.50. The molecule has 7 nitrogen and oxygen atoms in total. The van der Waals surface area contributed by atoms with E-state index in [1.54, 1.807) is 11.3 Å². The molecular weight excluding hydrogens is 446 g/mol. The van der Waals surface area contributed by atoms with E-state index in [9.17, 15) is 13.2 Å². The zero-order valence-electron chi connectivity index (χ0n) is 17.6. The predicted molar refractivity (Wildman–Crippen MR) is 125 cm³/mol. The largest absolute Gasteiger partial charge is 0.438 e. The summed E-state index contributed by atoms with van der Waals surface area (Å²) in [4.78, 5) is 16.6. The summed E-state index contributed by atoms with van der Waals surface area (Å²) < 4.78 is 32.6. The molecule has 0 radical (unpaired) electrons. The molecule has 0 aliphatic carbocycles. The zero-order chi connectivity index (χ0) is 22.1. The number of carbonyl (C=O) groups is 1. The van der Waals surface area contributed by atoms with Crippen LogP contribution in [0.1, 0.15) is 40.3 Å². The summed E-state index contributed by atoms with van der Waals surface area (Å²) in [6, 6.07) is 12.6. The number of furan rings is 1. The maximum atomic E-state index is 12.9. The Bertz CT molecular complexity index is 1230. The minimum Gasteiger partial charge on any atom is -0.438 e. The van der Waals surface area contributed by atoms with Crippen molar-refractivity contribution in [2.45, 2.75) is 37.3 Å². The quantitative estimate of drug-likeness (QED) is 0.599. The fourth-order valence-electron chi connectivity index (χ4n) is 4.31. The average molecular weight is 472 g/mol. The van der Waals surface area contributed by atoms with E-state index in [1.165, 1.54) is 26.9 Å². The highest BCUT2D eigenvalue weighted by Gasteiger charge is 2.30. The number of nitrogens with zero attached hydrogens (tertiary/aromatic N) is 2. The highest BCUT2D eigenvalue weighted by atomic mass is 32.2. The van der Waals surface area contributed by atoms with Crippen molar-refractivity contribution in [1.82, 2.24) is 4.31 Å². The van der Waals surface area contributed by atoms with Crippen LogP contribution in [0.2, 0.25) is 0 Å². The molecule has 1 saturated heterocycles. The van der Waals surface area contributed by atoms with Gasteiger partial charge in [-0.25, -0.2) is 8.42 Å². The third-order valence-corrected chi connectivity index (χ3v) is 8.81. The lowest BCUT2D eigenvalue weighted by molar-refractivity contribution is 0.0991. The van der Waals surface area contributed by atoms with Crippen LogP contribution in [0.5, 0.6) is 0 Å². The number of piperidine rings is 1. The Kier molecular flexibility index (Phi) is 5.79. The van der Waals surface area contributed by atoms with Gasteiger partial charge in [-0.2, -0.15) is 4.31 Å². The van der Waals surface area contributed by atoms with Crippen molar-refractivity contribution in [3.63, 3.8) is 0 Å². The van der Waals surface area contributed by atoms with Gasteiger partial charge >= 0.3 is 0 Å². The molecular formula is C23H25N3O4S2. The molecule has 2 aliphatic rings. The number of hydrogen-bond acceptors (Lipinski definition) is 6. The zero-order valence-corrected chi connectivity index (χ0v) is 19.3. The number of para-hydroxylation sites is 2. The first-order valence-corrected chi connectivity index (χ1v) is 13.1. The van der Waals surface area contributed by atoms with E-state index in [4.69, 9.17) is 4.42 Å². The number of anilines is 2. The fourth-order valence-corrected chi connectivity index (χ4v) is 6.62. The molecule has 0 bridgehead atoms. The molecule has 3 aromatic rings. The lowest BCUT2D eigenvalue weighted by Gasteiger charge is -2.30. The van der Waals surface area contributed by atoms with Gasteiger partial charge in [-0.15, -0.1) is 11.3 Å². The van der Waals surface area contributed by atoms with Crippen LogP contribution in [-0.2, 0) is 23.0 Å². The summed E-state index contributed by atoms with van der Waals surface area (Å²) in [5, 5.41) is 4.84. The van der Waals surface area contributed by atoms with E-state index >= 15 is 0 Å². The van der Waals surface area contributed by atoms with Crippen LogP contribution < -0.4 is 10.2 Å². The predicted octanol–water partition coefficient (Wildman–Crippen LogP) is 4.33. The van der Waals surface area contributed by atoms with Crippen molar-refractivity contribution in [1.29, 1.82) is 0 Å². The number of nitrogens with one attached hydrogen (secondary N) is 1. The van der Waals surface area contributed by atoms with Crippen LogP contribution in [0, 0.1) is 0 Å². The number of fused-ring (bicyclic) bond motifs is 1. The van der Waals surface area contributed by atoms with Crippen molar-refractivity contribution in [3.05, 3.63) is 64.0 Å². The highest BCUT2D eigenvalue weighted by molar-refractivity contribution is 7.89. The van der Waals surface area contributed by atoms with Gasteiger partial charge in [0.05, 0.1) is 11.4 Å². The van der Waals surface area contributed by atoms with Crippen molar-refractivity contribution in [2.75, 3.05) is 29.9 Å². The van der Waals surface area contributed by atoms with Crippen molar-refractivity contribution >= 4 is 38.6 Å². The second-order valence-electron chi connectivity index (χ2n) is 8.10.